The van der Waals surface area contributed by atoms with Gasteiger partial charge in [0.05, 0.1) is 18.6 Å². The van der Waals surface area contributed by atoms with Crippen LogP contribution in [0, 0.1) is 0 Å². The Bertz CT molecular complexity index is 1340. The number of amides is 2. The summed E-state index contributed by atoms with van der Waals surface area (Å²) in [4.78, 5) is 26.0. The highest BCUT2D eigenvalue weighted by atomic mass is 16.7. The van der Waals surface area contributed by atoms with Gasteiger partial charge in [-0.2, -0.15) is 0 Å². The van der Waals surface area contributed by atoms with Gasteiger partial charge in [0.15, 0.2) is 0 Å². The number of ether oxygens (including phenoxy) is 3. The number of hydroxylamine groups is 1. The molecule has 8 heteroatoms. The van der Waals surface area contributed by atoms with E-state index in [1.807, 2.05) is 72.8 Å². The molecule has 0 fully saturated rings. The Kier molecular flexibility index (Phi) is 9.42. The Morgan fingerprint density at radius 2 is 1.53 bits per heavy atom. The number of hydrogen-bond donors (Lipinski definition) is 3. The topological polar surface area (TPSA) is 106 Å². The molecule has 3 N–H and O–H groups in total. The van der Waals surface area contributed by atoms with Crippen LogP contribution >= 0.6 is 0 Å². The average molecular weight is 515 g/mol. The van der Waals surface area contributed by atoms with E-state index in [-0.39, 0.29) is 25.7 Å². The van der Waals surface area contributed by atoms with Crippen molar-refractivity contribution in [2.24, 2.45) is 0 Å². The van der Waals surface area contributed by atoms with Crippen LogP contribution in [0.4, 0.5) is 0 Å². The van der Waals surface area contributed by atoms with E-state index in [1.54, 1.807) is 29.7 Å². The van der Waals surface area contributed by atoms with Crippen LogP contribution in [0.15, 0.2) is 97.1 Å². The van der Waals surface area contributed by atoms with E-state index in [1.165, 1.54) is 7.11 Å². The van der Waals surface area contributed by atoms with Crippen molar-refractivity contribution >= 4 is 22.6 Å². The van der Waals surface area contributed by atoms with Crippen molar-refractivity contribution in [2.75, 3.05) is 20.5 Å². The van der Waals surface area contributed by atoms with Crippen LogP contribution < -0.4 is 15.5 Å². The number of hydrogen-bond acceptors (Lipinski definition) is 6. The lowest BCUT2D eigenvalue weighted by molar-refractivity contribution is -0.131. The highest BCUT2D eigenvalue weighted by molar-refractivity contribution is 5.95. The molecule has 0 aliphatic rings. The van der Waals surface area contributed by atoms with Crippen LogP contribution in [-0.2, 0) is 14.3 Å². The third-order valence-electron chi connectivity index (χ3n) is 6.10. The standard InChI is InChI=1S/C30H30N2O6/c1-36-20-37-19-23(18-28(30(34)32-35)27-13-7-9-21-8-5-6-12-26(21)27)31-29(33)22-14-16-25(17-15-22)38-24-10-3-2-4-11-24/h2-17,23,28,35H,18-20H2,1H3,(H,31,33)(H,32,34). The van der Waals surface area contributed by atoms with Crippen LogP contribution in [-0.4, -0.2) is 43.6 Å². The van der Waals surface area contributed by atoms with Gasteiger partial charge < -0.3 is 19.5 Å². The number of nitrogens with one attached hydrogen (secondary N) is 2. The van der Waals surface area contributed by atoms with Gasteiger partial charge in [0.1, 0.15) is 18.3 Å². The van der Waals surface area contributed by atoms with Gasteiger partial charge in [-0.05, 0) is 59.2 Å². The first-order valence-corrected chi connectivity index (χ1v) is 12.2. The Labute approximate surface area is 221 Å². The molecule has 2 unspecified atom stereocenters. The molecule has 4 aromatic carbocycles. The lowest BCUT2D eigenvalue weighted by Crippen LogP contribution is -2.41. The summed E-state index contributed by atoms with van der Waals surface area (Å²) in [6, 6.07) is 29.0. The van der Waals surface area contributed by atoms with E-state index in [4.69, 9.17) is 14.2 Å². The lowest BCUT2D eigenvalue weighted by Gasteiger charge is -2.24. The molecule has 0 heterocycles. The highest BCUT2D eigenvalue weighted by Crippen LogP contribution is 2.29. The van der Waals surface area contributed by atoms with Crippen LogP contribution in [0.2, 0.25) is 0 Å². The minimum atomic E-state index is -0.746. The third-order valence-corrected chi connectivity index (χ3v) is 6.10. The molecule has 0 radical (unpaired) electrons. The molecule has 0 aliphatic carbocycles. The molecule has 0 saturated heterocycles. The number of para-hydroxylation sites is 1. The molecule has 0 bridgehead atoms. The van der Waals surface area contributed by atoms with Crippen molar-refractivity contribution in [3.05, 3.63) is 108 Å². The van der Waals surface area contributed by atoms with Crippen LogP contribution in [0.1, 0.15) is 28.3 Å². The van der Waals surface area contributed by atoms with E-state index in [0.717, 1.165) is 16.3 Å². The van der Waals surface area contributed by atoms with E-state index in [2.05, 4.69) is 5.32 Å². The fraction of sp³-hybridized carbons (Fsp3) is 0.200. The Morgan fingerprint density at radius 1 is 0.842 bits per heavy atom. The first-order chi connectivity index (χ1) is 18.6. The molecule has 0 saturated carbocycles. The SMILES string of the molecule is COCOCC(CC(C(=O)NO)c1cccc2ccccc12)NC(=O)c1ccc(Oc2ccccc2)cc1. The Balaban J connectivity index is 1.52. The fourth-order valence-electron chi connectivity index (χ4n) is 4.30. The molecule has 0 aliphatic heterocycles. The molecule has 2 amide bonds. The lowest BCUT2D eigenvalue weighted by atomic mass is 9.88. The van der Waals surface area contributed by atoms with Gasteiger partial charge in [-0.15, -0.1) is 0 Å². The molecule has 8 nitrogen and oxygen atoms in total. The molecule has 0 aromatic heterocycles. The number of carbonyl (C=O) groups excluding carboxylic acids is 2. The van der Waals surface area contributed by atoms with Gasteiger partial charge in [0.2, 0.25) is 0 Å². The number of methoxy groups -OCH3 is 1. The third kappa shape index (κ3) is 6.95. The maximum atomic E-state index is 13.1. The van der Waals surface area contributed by atoms with Gasteiger partial charge >= 0.3 is 0 Å². The second kappa shape index (κ2) is 13.3. The predicted molar refractivity (Wildman–Crippen MR) is 143 cm³/mol. The number of fused-ring (bicyclic) bond motifs is 1. The molecule has 0 spiro atoms. The maximum absolute atomic E-state index is 13.1. The monoisotopic (exact) mass is 514 g/mol. The molecular formula is C30H30N2O6. The zero-order valence-corrected chi connectivity index (χ0v) is 21.0. The summed E-state index contributed by atoms with van der Waals surface area (Å²) < 4.78 is 16.3. The second-order valence-corrected chi connectivity index (χ2v) is 8.72. The summed E-state index contributed by atoms with van der Waals surface area (Å²) in [6.45, 7) is 0.137. The molecule has 196 valence electrons. The Hall–Kier alpha value is -4.24. The average Bonchev–Trinajstić information content (AvgIpc) is 2.96. The number of benzene rings is 4. The number of rotatable bonds is 12. The van der Waals surface area contributed by atoms with Crippen LogP contribution in [0.25, 0.3) is 10.8 Å². The van der Waals surface area contributed by atoms with Crippen molar-refractivity contribution in [1.82, 2.24) is 10.8 Å². The first-order valence-electron chi connectivity index (χ1n) is 12.2. The zero-order chi connectivity index (χ0) is 26.7. The molecule has 4 aromatic rings. The van der Waals surface area contributed by atoms with E-state index >= 15 is 0 Å². The van der Waals surface area contributed by atoms with Crippen molar-refractivity contribution in [1.29, 1.82) is 0 Å². The Morgan fingerprint density at radius 3 is 2.26 bits per heavy atom. The summed E-state index contributed by atoms with van der Waals surface area (Å²) in [6.07, 6.45) is 0.186. The van der Waals surface area contributed by atoms with Gasteiger partial charge in [0, 0.05) is 12.7 Å². The molecule has 38 heavy (non-hydrogen) atoms. The minimum Gasteiger partial charge on any atom is -0.457 e. The highest BCUT2D eigenvalue weighted by Gasteiger charge is 2.27. The number of carbonyl (C=O) groups is 2. The summed E-state index contributed by atoms with van der Waals surface area (Å²) in [7, 11) is 1.50. The van der Waals surface area contributed by atoms with Crippen molar-refractivity contribution in [2.45, 2.75) is 18.4 Å². The zero-order valence-electron chi connectivity index (χ0n) is 21.0. The molecular weight excluding hydrogens is 484 g/mol. The summed E-state index contributed by atoms with van der Waals surface area (Å²) in [5.41, 5.74) is 2.95. The fourth-order valence-corrected chi connectivity index (χ4v) is 4.30. The van der Waals surface area contributed by atoms with E-state index in [9.17, 15) is 14.8 Å². The smallest absolute Gasteiger partial charge is 0.251 e. The normalized spacial score (nSPS) is 12.5. The van der Waals surface area contributed by atoms with Crippen LogP contribution in [0.5, 0.6) is 11.5 Å². The molecule has 2 atom stereocenters. The second-order valence-electron chi connectivity index (χ2n) is 8.72. The van der Waals surface area contributed by atoms with Gasteiger partial charge in [-0.1, -0.05) is 60.7 Å². The first kappa shape index (κ1) is 26.8. The minimum absolute atomic E-state index is 0.0308. The van der Waals surface area contributed by atoms with Gasteiger partial charge in [0.25, 0.3) is 11.8 Å². The largest absolute Gasteiger partial charge is 0.457 e. The van der Waals surface area contributed by atoms with Crippen molar-refractivity contribution < 1.29 is 29.0 Å². The summed E-state index contributed by atoms with van der Waals surface area (Å²) in [5, 5.41) is 14.3. The predicted octanol–water partition coefficient (Wildman–Crippen LogP) is 5.03. The maximum Gasteiger partial charge on any atom is 0.251 e. The van der Waals surface area contributed by atoms with E-state index in [0.29, 0.717) is 17.1 Å². The van der Waals surface area contributed by atoms with Crippen LogP contribution in [0.3, 0.4) is 0 Å². The molecule has 4 rings (SSSR count). The van der Waals surface area contributed by atoms with E-state index < -0.39 is 17.9 Å². The summed E-state index contributed by atoms with van der Waals surface area (Å²) >= 11 is 0. The van der Waals surface area contributed by atoms with Gasteiger partial charge in [-0.3, -0.25) is 14.8 Å². The van der Waals surface area contributed by atoms with Crippen molar-refractivity contribution in [3.63, 3.8) is 0 Å². The quantitative estimate of drug-likeness (QED) is 0.106. The van der Waals surface area contributed by atoms with Gasteiger partial charge in [-0.25, -0.2) is 5.48 Å². The summed E-state index contributed by atoms with van der Waals surface area (Å²) in [5.74, 6) is -0.354. The van der Waals surface area contributed by atoms with Crippen molar-refractivity contribution in [3.8, 4) is 11.5 Å².